The van der Waals surface area contributed by atoms with Crippen molar-refractivity contribution < 1.29 is 18.0 Å². The highest BCUT2D eigenvalue weighted by Crippen LogP contribution is 2.18. The van der Waals surface area contributed by atoms with Crippen LogP contribution in [-0.4, -0.2) is 33.2 Å². The van der Waals surface area contributed by atoms with E-state index in [1.54, 1.807) is 6.20 Å². The van der Waals surface area contributed by atoms with Crippen LogP contribution in [0.5, 0.6) is 0 Å². The Kier molecular flexibility index (Phi) is 4.11. The molecule has 0 aliphatic heterocycles. The fourth-order valence-electron chi connectivity index (χ4n) is 1.77. The molecule has 8 heteroatoms. The maximum Gasteiger partial charge on any atom is 0.406 e. The quantitative estimate of drug-likeness (QED) is 0.879. The van der Waals surface area contributed by atoms with Crippen LogP contribution in [0.2, 0.25) is 0 Å². The number of rotatable bonds is 5. The van der Waals surface area contributed by atoms with Crippen molar-refractivity contribution >= 4 is 5.91 Å². The number of hydrogen-bond acceptors (Lipinski definition) is 2. The van der Waals surface area contributed by atoms with Crippen LogP contribution >= 0.6 is 0 Å². The van der Waals surface area contributed by atoms with Crippen molar-refractivity contribution in [3.63, 3.8) is 0 Å². The number of carbonyl (C=O) groups excluding carboxylic acids is 1. The molecule has 0 radical (unpaired) electrons. The van der Waals surface area contributed by atoms with E-state index in [-0.39, 0.29) is 5.69 Å². The zero-order valence-corrected chi connectivity index (χ0v) is 10.4. The second-order valence-electron chi connectivity index (χ2n) is 4.22. The Hall–Kier alpha value is -2.25. The second-order valence-corrected chi connectivity index (χ2v) is 4.22. The molecule has 0 saturated heterocycles. The van der Waals surface area contributed by atoms with Gasteiger partial charge in [0.1, 0.15) is 12.2 Å². The van der Waals surface area contributed by atoms with E-state index in [4.69, 9.17) is 0 Å². The van der Waals surface area contributed by atoms with Crippen LogP contribution in [0, 0.1) is 0 Å². The first-order chi connectivity index (χ1) is 9.46. The van der Waals surface area contributed by atoms with Crippen molar-refractivity contribution in [3.8, 4) is 0 Å². The minimum atomic E-state index is -4.36. The molecule has 0 aliphatic rings. The Morgan fingerprint density at radius 2 is 2.25 bits per heavy atom. The first-order valence-electron chi connectivity index (χ1n) is 5.93. The molecular formula is C12H13F3N4O. The highest BCUT2D eigenvalue weighted by Gasteiger charge is 2.29. The van der Waals surface area contributed by atoms with Gasteiger partial charge in [0.15, 0.2) is 0 Å². The lowest BCUT2D eigenvalue weighted by Crippen LogP contribution is -2.29. The summed E-state index contributed by atoms with van der Waals surface area (Å²) in [6.45, 7) is -0.860. The molecule has 0 fully saturated rings. The van der Waals surface area contributed by atoms with Crippen molar-refractivity contribution in [3.05, 3.63) is 42.2 Å². The van der Waals surface area contributed by atoms with Crippen LogP contribution in [0.4, 0.5) is 13.2 Å². The monoisotopic (exact) mass is 286 g/mol. The maximum atomic E-state index is 12.3. The minimum Gasteiger partial charge on any atom is -0.350 e. The average Bonchev–Trinajstić information content (AvgIpc) is 2.98. The highest BCUT2D eigenvalue weighted by molar-refractivity contribution is 5.92. The molecule has 0 atom stereocenters. The highest BCUT2D eigenvalue weighted by atomic mass is 19.4. The topological polar surface area (TPSA) is 62.7 Å². The molecule has 0 saturated carbocycles. The van der Waals surface area contributed by atoms with Gasteiger partial charge < -0.3 is 14.9 Å². The van der Waals surface area contributed by atoms with Gasteiger partial charge in [0.2, 0.25) is 0 Å². The minimum absolute atomic E-state index is 0.00747. The molecular weight excluding hydrogens is 273 g/mol. The van der Waals surface area contributed by atoms with Gasteiger partial charge in [0.05, 0.1) is 6.33 Å². The molecule has 2 aromatic rings. The van der Waals surface area contributed by atoms with E-state index in [9.17, 15) is 18.0 Å². The number of hydrogen-bond donors (Lipinski definition) is 2. The number of imidazole rings is 1. The van der Waals surface area contributed by atoms with Crippen molar-refractivity contribution in [2.75, 3.05) is 6.54 Å². The van der Waals surface area contributed by atoms with Gasteiger partial charge >= 0.3 is 6.18 Å². The summed E-state index contributed by atoms with van der Waals surface area (Å²) >= 11 is 0. The number of alkyl halides is 3. The SMILES string of the molecule is O=C(NCCc1cnc[nH]1)c1cccn1CC(F)(F)F. The first-order valence-corrected chi connectivity index (χ1v) is 5.93. The number of amides is 1. The van der Waals surface area contributed by atoms with Gasteiger partial charge in [-0.2, -0.15) is 13.2 Å². The van der Waals surface area contributed by atoms with Crippen LogP contribution < -0.4 is 5.32 Å². The third kappa shape index (κ3) is 3.87. The van der Waals surface area contributed by atoms with Gasteiger partial charge in [-0.15, -0.1) is 0 Å². The predicted molar refractivity (Wildman–Crippen MR) is 65.1 cm³/mol. The van der Waals surface area contributed by atoms with Gasteiger partial charge in [-0.05, 0) is 12.1 Å². The van der Waals surface area contributed by atoms with E-state index in [0.29, 0.717) is 13.0 Å². The number of nitrogens with zero attached hydrogens (tertiary/aromatic N) is 2. The van der Waals surface area contributed by atoms with E-state index < -0.39 is 18.6 Å². The van der Waals surface area contributed by atoms with Crippen molar-refractivity contribution in [2.45, 2.75) is 19.1 Å². The lowest BCUT2D eigenvalue weighted by atomic mass is 10.3. The largest absolute Gasteiger partial charge is 0.406 e. The fraction of sp³-hybridized carbons (Fsp3) is 0.333. The standard InChI is InChI=1S/C12H13F3N4O/c13-12(14,15)7-19-5-1-2-10(19)11(20)17-4-3-9-6-16-8-18-9/h1-2,5-6,8H,3-4,7H2,(H,16,18)(H,17,20). The van der Waals surface area contributed by atoms with E-state index in [0.717, 1.165) is 10.3 Å². The molecule has 108 valence electrons. The Bertz CT molecular complexity index is 560. The van der Waals surface area contributed by atoms with Crippen LogP contribution in [0.1, 0.15) is 16.2 Å². The maximum absolute atomic E-state index is 12.3. The number of aromatic amines is 1. The van der Waals surface area contributed by atoms with Crippen LogP contribution in [-0.2, 0) is 13.0 Å². The Morgan fingerprint density at radius 3 is 2.90 bits per heavy atom. The molecule has 20 heavy (non-hydrogen) atoms. The summed E-state index contributed by atoms with van der Waals surface area (Å²) in [4.78, 5) is 18.5. The summed E-state index contributed by atoms with van der Waals surface area (Å²) in [6, 6.07) is 2.77. The molecule has 0 aliphatic carbocycles. The number of H-pyrrole nitrogens is 1. The number of aromatic nitrogens is 3. The Labute approximate surface area is 112 Å². The lowest BCUT2D eigenvalue weighted by Gasteiger charge is -2.11. The number of carbonyl (C=O) groups is 1. The normalized spacial score (nSPS) is 11.6. The molecule has 1 amide bonds. The van der Waals surface area contributed by atoms with Crippen LogP contribution in [0.3, 0.4) is 0 Å². The van der Waals surface area contributed by atoms with Crippen molar-refractivity contribution in [2.24, 2.45) is 0 Å². The Morgan fingerprint density at radius 1 is 1.45 bits per heavy atom. The van der Waals surface area contributed by atoms with Gasteiger partial charge in [0.25, 0.3) is 5.91 Å². The lowest BCUT2D eigenvalue weighted by molar-refractivity contribution is -0.140. The third-order valence-corrected chi connectivity index (χ3v) is 2.65. The number of halogens is 3. The van der Waals surface area contributed by atoms with E-state index in [2.05, 4.69) is 15.3 Å². The van der Waals surface area contributed by atoms with Crippen LogP contribution in [0.25, 0.3) is 0 Å². The average molecular weight is 286 g/mol. The second kappa shape index (κ2) is 5.81. The zero-order chi connectivity index (χ0) is 14.6. The van der Waals surface area contributed by atoms with E-state index >= 15 is 0 Å². The van der Waals surface area contributed by atoms with E-state index in [1.807, 2.05) is 0 Å². The van der Waals surface area contributed by atoms with E-state index in [1.165, 1.54) is 24.7 Å². The summed E-state index contributed by atoms with van der Waals surface area (Å²) in [5, 5.41) is 2.57. The summed E-state index contributed by atoms with van der Waals surface area (Å²) in [7, 11) is 0. The summed E-state index contributed by atoms with van der Waals surface area (Å²) in [6.07, 6.45) is 0.553. The van der Waals surface area contributed by atoms with Crippen LogP contribution in [0.15, 0.2) is 30.9 Å². The molecule has 2 heterocycles. The molecule has 0 unspecified atom stereocenters. The first kappa shape index (κ1) is 14.2. The van der Waals surface area contributed by atoms with Gasteiger partial charge in [-0.25, -0.2) is 4.98 Å². The van der Waals surface area contributed by atoms with Gasteiger partial charge in [-0.1, -0.05) is 0 Å². The Balaban J connectivity index is 1.91. The molecule has 5 nitrogen and oxygen atoms in total. The molecule has 2 rings (SSSR count). The fourth-order valence-corrected chi connectivity index (χ4v) is 1.77. The predicted octanol–water partition coefficient (Wildman–Crippen LogP) is 1.75. The van der Waals surface area contributed by atoms with Crippen molar-refractivity contribution in [1.82, 2.24) is 19.9 Å². The smallest absolute Gasteiger partial charge is 0.350 e. The summed E-state index contributed by atoms with van der Waals surface area (Å²) in [5.74, 6) is -0.529. The molecule has 0 aromatic carbocycles. The molecule has 0 bridgehead atoms. The number of nitrogens with one attached hydrogen (secondary N) is 2. The molecule has 2 N–H and O–H groups in total. The summed E-state index contributed by atoms with van der Waals surface area (Å²) < 4.78 is 37.9. The van der Waals surface area contributed by atoms with Crippen molar-refractivity contribution in [1.29, 1.82) is 0 Å². The van der Waals surface area contributed by atoms with Gasteiger partial charge in [0, 0.05) is 31.1 Å². The van der Waals surface area contributed by atoms with Gasteiger partial charge in [-0.3, -0.25) is 4.79 Å². The third-order valence-electron chi connectivity index (χ3n) is 2.65. The zero-order valence-electron chi connectivity index (χ0n) is 10.4. The molecule has 2 aromatic heterocycles. The molecule has 0 spiro atoms. The summed E-state index contributed by atoms with van der Waals surface area (Å²) in [5.41, 5.74) is 0.836.